The highest BCUT2D eigenvalue weighted by Crippen LogP contribution is 2.15. The van der Waals surface area contributed by atoms with Crippen LogP contribution in [0.5, 0.6) is 0 Å². The summed E-state index contributed by atoms with van der Waals surface area (Å²) < 4.78 is 5.28. The molecule has 1 aliphatic heterocycles. The molecule has 0 atom stereocenters. The SMILES string of the molecule is NC(=O)Cc1cnc(CN2CCOCC2)s1. The van der Waals surface area contributed by atoms with Gasteiger partial charge < -0.3 is 10.5 Å². The zero-order chi connectivity index (χ0) is 11.4. The molecule has 0 aliphatic carbocycles. The summed E-state index contributed by atoms with van der Waals surface area (Å²) in [6, 6.07) is 0. The smallest absolute Gasteiger partial charge is 0.222 e. The van der Waals surface area contributed by atoms with Crippen molar-refractivity contribution in [1.82, 2.24) is 9.88 Å². The molecule has 0 radical (unpaired) electrons. The van der Waals surface area contributed by atoms with Gasteiger partial charge in [0, 0.05) is 24.2 Å². The molecule has 0 bridgehead atoms. The van der Waals surface area contributed by atoms with Crippen molar-refractivity contribution in [1.29, 1.82) is 0 Å². The molecule has 5 nitrogen and oxygen atoms in total. The Hall–Kier alpha value is -0.980. The second-order valence-corrected chi connectivity index (χ2v) is 4.95. The van der Waals surface area contributed by atoms with Gasteiger partial charge in [0.15, 0.2) is 0 Å². The first-order valence-corrected chi connectivity index (χ1v) is 6.07. The fourth-order valence-electron chi connectivity index (χ4n) is 1.63. The maximum absolute atomic E-state index is 10.7. The highest BCUT2D eigenvalue weighted by atomic mass is 32.1. The molecule has 0 spiro atoms. The van der Waals surface area contributed by atoms with E-state index in [0.717, 1.165) is 42.7 Å². The predicted octanol–water partition coefficient (Wildman–Crippen LogP) is 0.00310. The van der Waals surface area contributed by atoms with Crippen LogP contribution in [0.2, 0.25) is 0 Å². The van der Waals surface area contributed by atoms with E-state index in [1.165, 1.54) is 0 Å². The van der Waals surface area contributed by atoms with E-state index in [1.54, 1.807) is 17.5 Å². The molecular formula is C10H15N3O2S. The molecule has 16 heavy (non-hydrogen) atoms. The van der Waals surface area contributed by atoms with Crippen LogP contribution in [0.3, 0.4) is 0 Å². The largest absolute Gasteiger partial charge is 0.379 e. The Morgan fingerprint density at radius 3 is 3.00 bits per heavy atom. The number of primary amides is 1. The third-order valence-electron chi connectivity index (χ3n) is 2.41. The third kappa shape index (κ3) is 3.26. The summed E-state index contributed by atoms with van der Waals surface area (Å²) in [6.45, 7) is 4.32. The van der Waals surface area contributed by atoms with E-state index in [-0.39, 0.29) is 5.91 Å². The van der Waals surface area contributed by atoms with Crippen LogP contribution in [-0.4, -0.2) is 42.1 Å². The summed E-state index contributed by atoms with van der Waals surface area (Å²) in [5.41, 5.74) is 5.13. The molecule has 0 unspecified atom stereocenters. The number of aromatic nitrogens is 1. The van der Waals surface area contributed by atoms with Gasteiger partial charge >= 0.3 is 0 Å². The van der Waals surface area contributed by atoms with Gasteiger partial charge in [0.05, 0.1) is 26.2 Å². The topological polar surface area (TPSA) is 68.5 Å². The van der Waals surface area contributed by atoms with Gasteiger partial charge in [0.25, 0.3) is 0 Å². The molecule has 0 saturated carbocycles. The van der Waals surface area contributed by atoms with E-state index in [0.29, 0.717) is 6.42 Å². The monoisotopic (exact) mass is 241 g/mol. The van der Waals surface area contributed by atoms with E-state index < -0.39 is 0 Å². The summed E-state index contributed by atoms with van der Waals surface area (Å²) in [7, 11) is 0. The molecule has 1 amide bonds. The van der Waals surface area contributed by atoms with Gasteiger partial charge in [0.1, 0.15) is 5.01 Å². The second-order valence-electron chi connectivity index (χ2n) is 3.75. The van der Waals surface area contributed by atoms with Crippen molar-refractivity contribution in [2.75, 3.05) is 26.3 Å². The van der Waals surface area contributed by atoms with Crippen LogP contribution in [0, 0.1) is 0 Å². The maximum Gasteiger partial charge on any atom is 0.222 e. The molecule has 0 aromatic carbocycles. The minimum Gasteiger partial charge on any atom is -0.379 e. The number of rotatable bonds is 4. The van der Waals surface area contributed by atoms with Crippen molar-refractivity contribution in [3.63, 3.8) is 0 Å². The number of carbonyl (C=O) groups is 1. The average molecular weight is 241 g/mol. The lowest BCUT2D eigenvalue weighted by molar-refractivity contribution is -0.117. The van der Waals surface area contributed by atoms with Crippen LogP contribution in [0.4, 0.5) is 0 Å². The Bertz CT molecular complexity index is 361. The molecule has 1 fully saturated rings. The van der Waals surface area contributed by atoms with E-state index in [2.05, 4.69) is 9.88 Å². The maximum atomic E-state index is 10.7. The Morgan fingerprint density at radius 2 is 2.31 bits per heavy atom. The number of morpholine rings is 1. The predicted molar refractivity (Wildman–Crippen MR) is 61.1 cm³/mol. The molecular weight excluding hydrogens is 226 g/mol. The summed E-state index contributed by atoms with van der Waals surface area (Å²) in [5.74, 6) is -0.304. The van der Waals surface area contributed by atoms with Crippen molar-refractivity contribution in [3.05, 3.63) is 16.1 Å². The first-order valence-electron chi connectivity index (χ1n) is 5.26. The minimum absolute atomic E-state index is 0.292. The number of nitrogens with zero attached hydrogens (tertiary/aromatic N) is 2. The molecule has 1 aliphatic rings. The Labute approximate surface area is 98.2 Å². The van der Waals surface area contributed by atoms with Crippen LogP contribution in [0.25, 0.3) is 0 Å². The lowest BCUT2D eigenvalue weighted by Crippen LogP contribution is -2.35. The summed E-state index contributed by atoms with van der Waals surface area (Å²) in [6.07, 6.45) is 2.03. The lowest BCUT2D eigenvalue weighted by Gasteiger charge is -2.25. The zero-order valence-electron chi connectivity index (χ0n) is 9.02. The van der Waals surface area contributed by atoms with E-state index in [4.69, 9.17) is 10.5 Å². The summed E-state index contributed by atoms with van der Waals surface area (Å²) >= 11 is 1.56. The molecule has 2 N–H and O–H groups in total. The number of hydrogen-bond donors (Lipinski definition) is 1. The number of hydrogen-bond acceptors (Lipinski definition) is 5. The lowest BCUT2D eigenvalue weighted by atomic mass is 10.4. The second kappa shape index (κ2) is 5.38. The molecule has 1 aromatic rings. The molecule has 2 heterocycles. The molecule has 1 saturated heterocycles. The first kappa shape index (κ1) is 11.5. The highest BCUT2D eigenvalue weighted by Gasteiger charge is 2.13. The molecule has 6 heteroatoms. The van der Waals surface area contributed by atoms with Gasteiger partial charge in [-0.3, -0.25) is 9.69 Å². The average Bonchev–Trinajstić information content (AvgIpc) is 2.66. The quantitative estimate of drug-likeness (QED) is 0.806. The number of thiazole rings is 1. The fourth-order valence-corrected chi connectivity index (χ4v) is 2.60. The standard InChI is InChI=1S/C10H15N3O2S/c11-9(14)5-8-6-12-10(16-8)7-13-1-3-15-4-2-13/h6H,1-5,7H2,(H2,11,14). The summed E-state index contributed by atoms with van der Waals surface area (Å²) in [5, 5.41) is 1.04. The first-order chi connectivity index (χ1) is 7.74. The number of ether oxygens (including phenoxy) is 1. The van der Waals surface area contributed by atoms with Crippen molar-refractivity contribution in [2.45, 2.75) is 13.0 Å². The number of amides is 1. The van der Waals surface area contributed by atoms with E-state index in [1.807, 2.05) is 0 Å². The van der Waals surface area contributed by atoms with E-state index in [9.17, 15) is 4.79 Å². The summed E-state index contributed by atoms with van der Waals surface area (Å²) in [4.78, 5) is 18.3. The van der Waals surface area contributed by atoms with Crippen LogP contribution >= 0.6 is 11.3 Å². The van der Waals surface area contributed by atoms with Gasteiger partial charge in [-0.05, 0) is 0 Å². The van der Waals surface area contributed by atoms with Crippen LogP contribution < -0.4 is 5.73 Å². The number of carbonyl (C=O) groups excluding carboxylic acids is 1. The van der Waals surface area contributed by atoms with Gasteiger partial charge in [-0.2, -0.15) is 0 Å². The van der Waals surface area contributed by atoms with Gasteiger partial charge in [-0.1, -0.05) is 0 Å². The number of nitrogens with two attached hydrogens (primary N) is 1. The zero-order valence-corrected chi connectivity index (χ0v) is 9.83. The fraction of sp³-hybridized carbons (Fsp3) is 0.600. The van der Waals surface area contributed by atoms with Gasteiger partial charge in [-0.15, -0.1) is 11.3 Å². The van der Waals surface area contributed by atoms with Crippen molar-refractivity contribution in [2.24, 2.45) is 5.73 Å². The minimum atomic E-state index is -0.304. The Kier molecular flexibility index (Phi) is 3.87. The normalized spacial score (nSPS) is 17.5. The highest BCUT2D eigenvalue weighted by molar-refractivity contribution is 7.11. The molecule has 88 valence electrons. The van der Waals surface area contributed by atoms with E-state index >= 15 is 0 Å². The van der Waals surface area contributed by atoms with Gasteiger partial charge in [-0.25, -0.2) is 4.98 Å². The Balaban J connectivity index is 1.88. The van der Waals surface area contributed by atoms with Crippen molar-refractivity contribution in [3.8, 4) is 0 Å². The van der Waals surface area contributed by atoms with Crippen molar-refractivity contribution < 1.29 is 9.53 Å². The van der Waals surface area contributed by atoms with Crippen molar-refractivity contribution >= 4 is 17.2 Å². The van der Waals surface area contributed by atoms with Gasteiger partial charge in [0.2, 0.25) is 5.91 Å². The van der Waals surface area contributed by atoms with Crippen LogP contribution in [-0.2, 0) is 22.5 Å². The third-order valence-corrected chi connectivity index (χ3v) is 3.39. The Morgan fingerprint density at radius 1 is 1.56 bits per heavy atom. The molecule has 2 rings (SSSR count). The van der Waals surface area contributed by atoms with Crippen LogP contribution in [0.1, 0.15) is 9.88 Å². The molecule has 1 aromatic heterocycles. The van der Waals surface area contributed by atoms with Crippen LogP contribution in [0.15, 0.2) is 6.20 Å².